The molecule has 0 radical (unpaired) electrons. The lowest BCUT2D eigenvalue weighted by molar-refractivity contribution is 0.660. The first kappa shape index (κ1) is 27.7. The van der Waals surface area contributed by atoms with Crippen molar-refractivity contribution >= 4 is 22.7 Å². The molecule has 4 aliphatic rings. The molecule has 5 aromatic carbocycles. The van der Waals surface area contributed by atoms with Gasteiger partial charge in [-0.15, -0.1) is 0 Å². The first-order valence-corrected chi connectivity index (χ1v) is 16.7. The molecule has 3 nitrogen and oxygen atoms in total. The third-order valence-corrected chi connectivity index (χ3v) is 10.4. The van der Waals surface area contributed by atoms with E-state index in [1.165, 1.54) is 50.3 Å². The maximum absolute atomic E-state index is 3.62. The van der Waals surface area contributed by atoms with E-state index in [4.69, 9.17) is 0 Å². The summed E-state index contributed by atoms with van der Waals surface area (Å²) >= 11 is 0. The molecule has 0 spiro atoms. The van der Waals surface area contributed by atoms with Crippen molar-refractivity contribution < 1.29 is 0 Å². The Bertz CT molecular complexity index is 2130. The Labute approximate surface area is 277 Å². The van der Waals surface area contributed by atoms with Crippen LogP contribution in [-0.2, 0) is 5.41 Å². The summed E-state index contributed by atoms with van der Waals surface area (Å²) in [4.78, 5) is 4.84. The maximum atomic E-state index is 3.62. The molecular formula is C44H37N3. The van der Waals surface area contributed by atoms with Crippen LogP contribution in [-0.4, -0.2) is 12.6 Å². The first-order valence-electron chi connectivity index (χ1n) is 16.7. The minimum Gasteiger partial charge on any atom is -0.368 e. The Morgan fingerprint density at radius 1 is 0.681 bits per heavy atom. The van der Waals surface area contributed by atoms with Gasteiger partial charge in [-0.2, -0.15) is 0 Å². The van der Waals surface area contributed by atoms with Gasteiger partial charge in [-0.3, -0.25) is 4.90 Å². The predicted octanol–water partition coefficient (Wildman–Crippen LogP) is 10.5. The van der Waals surface area contributed by atoms with Crippen LogP contribution in [0.15, 0.2) is 164 Å². The highest BCUT2D eigenvalue weighted by molar-refractivity contribution is 5.85. The van der Waals surface area contributed by atoms with Crippen molar-refractivity contribution in [1.82, 2.24) is 5.32 Å². The van der Waals surface area contributed by atoms with E-state index in [0.717, 1.165) is 23.7 Å². The second kappa shape index (κ2) is 10.8. The van der Waals surface area contributed by atoms with E-state index in [0.29, 0.717) is 12.0 Å². The number of anilines is 4. The van der Waals surface area contributed by atoms with E-state index in [-0.39, 0.29) is 5.41 Å². The largest absolute Gasteiger partial charge is 0.368 e. The number of nitrogens with zero attached hydrogens (tertiary/aromatic N) is 2. The van der Waals surface area contributed by atoms with Crippen LogP contribution in [0, 0.1) is 0 Å². The highest BCUT2D eigenvalue weighted by Gasteiger charge is 2.38. The minimum atomic E-state index is -0.0578. The molecule has 5 aromatic rings. The maximum Gasteiger partial charge on any atom is 0.111 e. The van der Waals surface area contributed by atoms with Crippen LogP contribution in [0.5, 0.6) is 0 Å². The van der Waals surface area contributed by atoms with Gasteiger partial charge in [-0.05, 0) is 93.6 Å². The monoisotopic (exact) mass is 607 g/mol. The van der Waals surface area contributed by atoms with Crippen molar-refractivity contribution in [2.45, 2.75) is 31.2 Å². The summed E-state index contributed by atoms with van der Waals surface area (Å²) in [6.07, 6.45) is 15.5. The quantitative estimate of drug-likeness (QED) is 0.214. The molecule has 2 atom stereocenters. The van der Waals surface area contributed by atoms with E-state index >= 15 is 0 Å². The average molecular weight is 608 g/mol. The van der Waals surface area contributed by atoms with E-state index in [9.17, 15) is 0 Å². The van der Waals surface area contributed by atoms with E-state index in [2.05, 4.69) is 187 Å². The molecule has 0 bridgehead atoms. The van der Waals surface area contributed by atoms with Crippen molar-refractivity contribution in [1.29, 1.82) is 0 Å². The standard InChI is InChI=1S/C44H37N3/c1-44(2)39-16-8-6-14-35(39)36-25-24-34(29-40(36)44)46(43-18-10-11-27-45-43)33-22-19-30(20-23-33)31-21-26-42-38(28-31)37-15-7-9-17-41(37)47(42)32-12-4-3-5-13-32/h3-26,28-29,37,41,45H,27H2,1-2H3. The molecule has 47 heavy (non-hydrogen) atoms. The van der Waals surface area contributed by atoms with Crippen molar-refractivity contribution in [2.24, 2.45) is 0 Å². The second-order valence-electron chi connectivity index (χ2n) is 13.4. The van der Waals surface area contributed by atoms with Crippen LogP contribution in [0.2, 0.25) is 0 Å². The number of nitrogens with one attached hydrogen (secondary N) is 1. The lowest BCUT2D eigenvalue weighted by Crippen LogP contribution is -2.30. The van der Waals surface area contributed by atoms with Crippen molar-refractivity contribution in [3.05, 3.63) is 180 Å². The van der Waals surface area contributed by atoms with Gasteiger partial charge in [-0.1, -0.05) is 117 Å². The molecule has 0 fully saturated rings. The summed E-state index contributed by atoms with van der Waals surface area (Å²) in [5, 5.41) is 3.62. The number of para-hydroxylation sites is 1. The fraction of sp³-hybridized carbons (Fsp3) is 0.136. The summed E-state index contributed by atoms with van der Waals surface area (Å²) in [7, 11) is 0. The second-order valence-corrected chi connectivity index (χ2v) is 13.4. The third kappa shape index (κ3) is 4.41. The van der Waals surface area contributed by atoms with Gasteiger partial charge in [-0.25, -0.2) is 0 Å². The average Bonchev–Trinajstić information content (AvgIpc) is 3.58. The van der Waals surface area contributed by atoms with Gasteiger partial charge in [0, 0.05) is 40.6 Å². The lowest BCUT2D eigenvalue weighted by atomic mass is 9.82. The van der Waals surface area contributed by atoms with Gasteiger partial charge in [0.15, 0.2) is 0 Å². The highest BCUT2D eigenvalue weighted by Crippen LogP contribution is 2.51. The van der Waals surface area contributed by atoms with Gasteiger partial charge in [0.25, 0.3) is 0 Å². The molecule has 0 saturated heterocycles. The zero-order chi connectivity index (χ0) is 31.5. The molecule has 2 heterocycles. The Morgan fingerprint density at radius 2 is 1.43 bits per heavy atom. The summed E-state index contributed by atoms with van der Waals surface area (Å²) < 4.78 is 0. The highest BCUT2D eigenvalue weighted by atomic mass is 15.2. The third-order valence-electron chi connectivity index (χ3n) is 10.4. The van der Waals surface area contributed by atoms with E-state index in [1.807, 2.05) is 0 Å². The number of rotatable bonds is 5. The van der Waals surface area contributed by atoms with Crippen LogP contribution in [0.25, 0.3) is 22.3 Å². The molecule has 2 aliphatic carbocycles. The van der Waals surface area contributed by atoms with E-state index < -0.39 is 0 Å². The Kier molecular flexibility index (Phi) is 6.36. The number of benzene rings is 5. The van der Waals surface area contributed by atoms with E-state index in [1.54, 1.807) is 0 Å². The van der Waals surface area contributed by atoms with Gasteiger partial charge in [0.05, 0.1) is 6.04 Å². The minimum absolute atomic E-state index is 0.0578. The summed E-state index contributed by atoms with van der Waals surface area (Å²) in [5.74, 6) is 1.41. The van der Waals surface area contributed by atoms with Gasteiger partial charge in [0.1, 0.15) is 5.82 Å². The molecule has 0 saturated carbocycles. The number of dihydropyridines is 1. The van der Waals surface area contributed by atoms with Crippen LogP contribution in [0.3, 0.4) is 0 Å². The Morgan fingerprint density at radius 3 is 2.26 bits per heavy atom. The summed E-state index contributed by atoms with van der Waals surface area (Å²) in [6.45, 7) is 5.50. The van der Waals surface area contributed by atoms with Crippen molar-refractivity contribution in [2.75, 3.05) is 16.3 Å². The normalized spacial score (nSPS) is 19.4. The van der Waals surface area contributed by atoms with Crippen molar-refractivity contribution in [3.8, 4) is 22.3 Å². The Hall–Kier alpha value is -5.54. The van der Waals surface area contributed by atoms with Crippen LogP contribution >= 0.6 is 0 Å². The van der Waals surface area contributed by atoms with Crippen LogP contribution in [0.4, 0.5) is 22.7 Å². The van der Waals surface area contributed by atoms with Crippen LogP contribution < -0.4 is 15.1 Å². The molecule has 0 aromatic heterocycles. The van der Waals surface area contributed by atoms with Crippen molar-refractivity contribution in [3.63, 3.8) is 0 Å². The number of hydrogen-bond acceptors (Lipinski definition) is 3. The molecule has 3 heteroatoms. The smallest absolute Gasteiger partial charge is 0.111 e. The van der Waals surface area contributed by atoms with Gasteiger partial charge in [0.2, 0.25) is 0 Å². The molecule has 228 valence electrons. The SMILES string of the molecule is CC1(C)c2ccccc2-c2ccc(N(C3=CC=CCN3)c3ccc(-c4ccc5c(c4)C4C=CC=CC4N5c4ccccc4)cc3)cc21. The molecule has 9 rings (SSSR count). The van der Waals surface area contributed by atoms with Gasteiger partial charge < -0.3 is 10.2 Å². The Balaban J connectivity index is 1.08. The first-order chi connectivity index (χ1) is 23.1. The molecular weight excluding hydrogens is 571 g/mol. The fourth-order valence-electron chi connectivity index (χ4n) is 8.08. The van der Waals surface area contributed by atoms with Crippen LogP contribution in [0.1, 0.15) is 36.5 Å². The molecule has 2 unspecified atom stereocenters. The molecule has 2 aliphatic heterocycles. The topological polar surface area (TPSA) is 18.5 Å². The zero-order valence-corrected chi connectivity index (χ0v) is 26.8. The fourth-order valence-corrected chi connectivity index (χ4v) is 8.08. The molecule has 0 amide bonds. The molecule has 1 N–H and O–H groups in total. The predicted molar refractivity (Wildman–Crippen MR) is 197 cm³/mol. The van der Waals surface area contributed by atoms with Gasteiger partial charge >= 0.3 is 0 Å². The number of hydrogen-bond donors (Lipinski definition) is 1. The summed E-state index contributed by atoms with van der Waals surface area (Å²) in [6, 6.07) is 42.9. The zero-order valence-electron chi connectivity index (χ0n) is 26.8. The number of fused-ring (bicyclic) bond motifs is 6. The number of allylic oxidation sites excluding steroid dienone is 4. The summed E-state index contributed by atoms with van der Waals surface area (Å²) in [5.41, 5.74) is 14.1. The lowest BCUT2D eigenvalue weighted by Gasteiger charge is -2.31.